The number of carbonyl (C=O) groups excluding carboxylic acids is 1. The van der Waals surface area contributed by atoms with Gasteiger partial charge in [0.15, 0.2) is 6.54 Å². The van der Waals surface area contributed by atoms with Crippen LogP contribution in [0, 0.1) is 0 Å². The lowest BCUT2D eigenvalue weighted by Gasteiger charge is -2.27. The van der Waals surface area contributed by atoms with E-state index in [1.54, 1.807) is 12.1 Å². The van der Waals surface area contributed by atoms with Gasteiger partial charge >= 0.3 is 0 Å². The van der Waals surface area contributed by atoms with E-state index in [1.165, 1.54) is 0 Å². The average molecular weight is 273 g/mol. The highest BCUT2D eigenvalue weighted by atomic mass is 16.3. The van der Waals surface area contributed by atoms with E-state index >= 15 is 0 Å². The number of rotatable bonds is 4. The van der Waals surface area contributed by atoms with Gasteiger partial charge in [-0.3, -0.25) is 4.79 Å². The molecule has 0 aromatic heterocycles. The lowest BCUT2D eigenvalue weighted by Crippen LogP contribution is -2.45. The number of quaternary nitrogens is 1. The van der Waals surface area contributed by atoms with Gasteiger partial charge in [0.1, 0.15) is 5.75 Å². The summed E-state index contributed by atoms with van der Waals surface area (Å²) in [5.74, 6) is 0.177. The van der Waals surface area contributed by atoms with Crippen molar-refractivity contribution in [1.82, 2.24) is 0 Å². The molecule has 2 aromatic carbocycles. The van der Waals surface area contributed by atoms with Crippen molar-refractivity contribution in [3.8, 4) is 5.75 Å². The Labute approximate surface area is 119 Å². The Kier molecular flexibility index (Phi) is 3.95. The molecule has 0 spiro atoms. The highest BCUT2D eigenvalue weighted by Crippen LogP contribution is 2.26. The second-order valence-electron chi connectivity index (χ2n) is 5.67. The molecule has 0 aliphatic rings. The van der Waals surface area contributed by atoms with Crippen LogP contribution < -0.4 is 5.32 Å². The molecule has 0 saturated heterocycles. The maximum Gasteiger partial charge on any atom is 0.279 e. The van der Waals surface area contributed by atoms with Gasteiger partial charge < -0.3 is 14.9 Å². The first kappa shape index (κ1) is 14.3. The summed E-state index contributed by atoms with van der Waals surface area (Å²) in [6.45, 7) is 3.37. The molecule has 0 saturated carbocycles. The van der Waals surface area contributed by atoms with E-state index in [9.17, 15) is 9.90 Å². The van der Waals surface area contributed by atoms with E-state index < -0.39 is 0 Å². The molecule has 0 unspecified atom stereocenters. The van der Waals surface area contributed by atoms with Crippen molar-refractivity contribution >= 4 is 22.4 Å². The van der Waals surface area contributed by atoms with E-state index in [1.807, 2.05) is 38.4 Å². The minimum Gasteiger partial charge on any atom is -0.508 e. The molecule has 0 heterocycles. The highest BCUT2D eigenvalue weighted by molar-refractivity contribution is 6.02. The molecule has 0 aliphatic heterocycles. The van der Waals surface area contributed by atoms with Crippen LogP contribution in [0.15, 0.2) is 36.4 Å². The first-order chi connectivity index (χ1) is 9.41. The van der Waals surface area contributed by atoms with Crippen LogP contribution in [0.3, 0.4) is 0 Å². The highest BCUT2D eigenvalue weighted by Gasteiger charge is 2.18. The number of fused-ring (bicyclic) bond motifs is 1. The number of nitrogens with zero attached hydrogens (tertiary/aromatic N) is 1. The summed E-state index contributed by atoms with van der Waals surface area (Å²) in [6.07, 6.45) is 0. The first-order valence-electron chi connectivity index (χ1n) is 6.75. The Morgan fingerprint density at radius 3 is 2.70 bits per heavy atom. The topological polar surface area (TPSA) is 49.3 Å². The van der Waals surface area contributed by atoms with Crippen molar-refractivity contribution in [2.75, 3.05) is 32.5 Å². The van der Waals surface area contributed by atoms with Crippen LogP contribution in [0.4, 0.5) is 5.69 Å². The molecule has 0 fully saturated rings. The number of hydrogen-bond donors (Lipinski definition) is 2. The van der Waals surface area contributed by atoms with Crippen molar-refractivity contribution < 1.29 is 14.4 Å². The molecule has 0 radical (unpaired) electrons. The predicted molar refractivity (Wildman–Crippen MR) is 81.8 cm³/mol. The summed E-state index contributed by atoms with van der Waals surface area (Å²) in [5, 5.41) is 14.4. The monoisotopic (exact) mass is 273 g/mol. The largest absolute Gasteiger partial charge is 0.508 e. The fourth-order valence-corrected chi connectivity index (χ4v) is 2.06. The standard InChI is InChI=1S/C16H20N2O2/c1-4-18(2,3)11-16(20)17-15-7-5-6-12-8-9-13(19)10-14(12)15/h5-10H,4,11H2,1-3H3,(H-,17,19,20)/p+1. The lowest BCUT2D eigenvalue weighted by atomic mass is 10.1. The third-order valence-corrected chi connectivity index (χ3v) is 3.57. The van der Waals surface area contributed by atoms with Gasteiger partial charge in [-0.2, -0.15) is 0 Å². The van der Waals surface area contributed by atoms with Gasteiger partial charge in [-0.15, -0.1) is 0 Å². The van der Waals surface area contributed by atoms with Crippen molar-refractivity contribution in [3.63, 3.8) is 0 Å². The second kappa shape index (κ2) is 5.51. The zero-order valence-electron chi connectivity index (χ0n) is 12.2. The number of carbonyl (C=O) groups is 1. The molecule has 2 rings (SSSR count). The number of likely N-dealkylation sites (N-methyl/N-ethyl adjacent to an activating group) is 1. The van der Waals surface area contributed by atoms with E-state index in [0.29, 0.717) is 11.0 Å². The van der Waals surface area contributed by atoms with Crippen LogP contribution in [0.5, 0.6) is 5.75 Å². The van der Waals surface area contributed by atoms with Crippen molar-refractivity contribution in [2.45, 2.75) is 6.92 Å². The summed E-state index contributed by atoms with van der Waals surface area (Å²) in [5.41, 5.74) is 0.736. The Morgan fingerprint density at radius 2 is 2.00 bits per heavy atom. The summed E-state index contributed by atoms with van der Waals surface area (Å²) >= 11 is 0. The number of hydrogen-bond acceptors (Lipinski definition) is 2. The normalized spacial score (nSPS) is 11.6. The minimum atomic E-state index is -0.0207. The zero-order valence-corrected chi connectivity index (χ0v) is 12.2. The fourth-order valence-electron chi connectivity index (χ4n) is 2.06. The van der Waals surface area contributed by atoms with Crippen LogP contribution >= 0.6 is 0 Å². The minimum absolute atomic E-state index is 0.0207. The van der Waals surface area contributed by atoms with Crippen LogP contribution in [0.25, 0.3) is 10.8 Å². The van der Waals surface area contributed by atoms with E-state index in [0.717, 1.165) is 23.0 Å². The number of amides is 1. The molecule has 1 amide bonds. The molecular formula is C16H21N2O2+. The number of benzene rings is 2. The number of anilines is 1. The number of phenolic OH excluding ortho intramolecular Hbond substituents is 1. The maximum absolute atomic E-state index is 12.1. The van der Waals surface area contributed by atoms with Gasteiger partial charge in [0.25, 0.3) is 5.91 Å². The molecule has 4 nitrogen and oxygen atoms in total. The van der Waals surface area contributed by atoms with Crippen LogP contribution in [-0.4, -0.2) is 42.7 Å². The molecule has 20 heavy (non-hydrogen) atoms. The van der Waals surface area contributed by atoms with Gasteiger partial charge in [0.2, 0.25) is 0 Å². The first-order valence-corrected chi connectivity index (χ1v) is 6.75. The lowest BCUT2D eigenvalue weighted by molar-refractivity contribution is -0.880. The molecule has 106 valence electrons. The summed E-state index contributed by atoms with van der Waals surface area (Å²) in [4.78, 5) is 12.1. The molecule has 0 aliphatic carbocycles. The number of nitrogens with one attached hydrogen (secondary N) is 1. The SMILES string of the molecule is CC[N+](C)(C)CC(=O)Nc1cccc2ccc(O)cc12. The second-order valence-corrected chi connectivity index (χ2v) is 5.67. The van der Waals surface area contributed by atoms with Gasteiger partial charge in [-0.25, -0.2) is 0 Å². The quantitative estimate of drug-likeness (QED) is 0.841. The molecule has 2 aromatic rings. The van der Waals surface area contributed by atoms with Crippen molar-refractivity contribution in [1.29, 1.82) is 0 Å². The van der Waals surface area contributed by atoms with Gasteiger partial charge in [-0.1, -0.05) is 18.2 Å². The maximum atomic E-state index is 12.1. The smallest absolute Gasteiger partial charge is 0.279 e. The van der Waals surface area contributed by atoms with Gasteiger partial charge in [0, 0.05) is 11.1 Å². The molecule has 2 N–H and O–H groups in total. The summed E-state index contributed by atoms with van der Waals surface area (Å²) < 4.78 is 0.641. The van der Waals surface area contributed by atoms with Crippen molar-refractivity contribution in [3.05, 3.63) is 36.4 Å². The summed E-state index contributed by atoms with van der Waals surface area (Å²) in [7, 11) is 4.04. The van der Waals surface area contributed by atoms with Crippen LogP contribution in [0.2, 0.25) is 0 Å². The van der Waals surface area contributed by atoms with Gasteiger partial charge in [0.05, 0.1) is 20.6 Å². The molecule has 4 heteroatoms. The molecular weight excluding hydrogens is 252 g/mol. The fraction of sp³-hybridized carbons (Fsp3) is 0.312. The summed E-state index contributed by atoms with van der Waals surface area (Å²) in [6, 6.07) is 10.9. The van der Waals surface area contributed by atoms with Crippen molar-refractivity contribution in [2.24, 2.45) is 0 Å². The van der Waals surface area contributed by atoms with Gasteiger partial charge in [-0.05, 0) is 30.5 Å². The Balaban J connectivity index is 2.26. The van der Waals surface area contributed by atoms with Crippen LogP contribution in [-0.2, 0) is 4.79 Å². The Morgan fingerprint density at radius 1 is 1.25 bits per heavy atom. The molecule has 0 atom stereocenters. The third kappa shape index (κ3) is 3.27. The van der Waals surface area contributed by atoms with E-state index in [4.69, 9.17) is 0 Å². The number of aromatic hydroxyl groups is 1. The third-order valence-electron chi connectivity index (χ3n) is 3.57. The number of phenols is 1. The average Bonchev–Trinajstić information content (AvgIpc) is 2.39. The van der Waals surface area contributed by atoms with E-state index in [2.05, 4.69) is 12.2 Å². The van der Waals surface area contributed by atoms with E-state index in [-0.39, 0.29) is 11.7 Å². The molecule has 0 bridgehead atoms. The Hall–Kier alpha value is -2.07. The Bertz CT molecular complexity index is 635. The predicted octanol–water partition coefficient (Wildman–Crippen LogP) is 2.58. The van der Waals surface area contributed by atoms with Crippen LogP contribution in [0.1, 0.15) is 6.92 Å². The zero-order chi connectivity index (χ0) is 14.8.